The lowest BCUT2D eigenvalue weighted by Gasteiger charge is -2.25. The predicted molar refractivity (Wildman–Crippen MR) is 103 cm³/mol. The Kier molecular flexibility index (Phi) is 4.53. The standard InChI is InChI=1S/C21H22N2OS/c1-2-19-20-18(15-25-19)22(13-16-9-5-3-6-10-16)21(24)23(20)14-17-11-7-4-8-12-17/h2-12,18-20H,1,13-15H2/t18-,19-,20-/m0/s1. The van der Waals surface area contributed by atoms with Crippen LogP contribution in [-0.4, -0.2) is 38.9 Å². The number of thioether (sulfide) groups is 1. The van der Waals surface area contributed by atoms with Crippen molar-refractivity contribution < 1.29 is 4.79 Å². The van der Waals surface area contributed by atoms with E-state index in [0.717, 1.165) is 5.75 Å². The predicted octanol–water partition coefficient (Wildman–Crippen LogP) is 4.16. The van der Waals surface area contributed by atoms with E-state index in [0.29, 0.717) is 18.3 Å². The first-order chi connectivity index (χ1) is 12.3. The van der Waals surface area contributed by atoms with Crippen molar-refractivity contribution in [3.8, 4) is 0 Å². The van der Waals surface area contributed by atoms with Gasteiger partial charge in [-0.2, -0.15) is 0 Å². The van der Waals surface area contributed by atoms with Crippen LogP contribution in [-0.2, 0) is 13.1 Å². The summed E-state index contributed by atoms with van der Waals surface area (Å²) in [7, 11) is 0. The Bertz CT molecular complexity index is 749. The highest BCUT2D eigenvalue weighted by atomic mass is 32.2. The highest BCUT2D eigenvalue weighted by molar-refractivity contribution is 8.00. The lowest BCUT2D eigenvalue weighted by Crippen LogP contribution is -2.39. The van der Waals surface area contributed by atoms with Crippen molar-refractivity contribution in [2.75, 3.05) is 5.75 Å². The first-order valence-corrected chi connectivity index (χ1v) is 9.72. The van der Waals surface area contributed by atoms with E-state index in [1.165, 1.54) is 11.1 Å². The largest absolute Gasteiger partial charge is 0.321 e. The monoisotopic (exact) mass is 350 g/mol. The molecule has 128 valence electrons. The number of urea groups is 1. The van der Waals surface area contributed by atoms with Gasteiger partial charge in [0.05, 0.1) is 12.1 Å². The van der Waals surface area contributed by atoms with Crippen LogP contribution in [0.4, 0.5) is 4.79 Å². The number of carbonyl (C=O) groups excluding carboxylic acids is 1. The van der Waals surface area contributed by atoms with Gasteiger partial charge >= 0.3 is 6.03 Å². The quantitative estimate of drug-likeness (QED) is 0.597. The number of rotatable bonds is 5. The van der Waals surface area contributed by atoms with E-state index in [4.69, 9.17) is 0 Å². The van der Waals surface area contributed by atoms with Crippen LogP contribution in [0.1, 0.15) is 11.1 Å². The van der Waals surface area contributed by atoms with E-state index in [9.17, 15) is 4.79 Å². The molecule has 25 heavy (non-hydrogen) atoms. The zero-order chi connectivity index (χ0) is 17.2. The SMILES string of the molecule is C=C[C@@H]1SC[C@H]2[C@@H]1N(Cc1ccccc1)C(=O)N2Cc1ccccc1. The Morgan fingerprint density at radius 2 is 1.52 bits per heavy atom. The molecule has 0 saturated carbocycles. The summed E-state index contributed by atoms with van der Waals surface area (Å²) in [5, 5.41) is 0.304. The van der Waals surface area contributed by atoms with Gasteiger partial charge in [0.2, 0.25) is 0 Å². The van der Waals surface area contributed by atoms with E-state index < -0.39 is 0 Å². The molecule has 0 aliphatic carbocycles. The smallest absolute Gasteiger partial charge is 0.314 e. The van der Waals surface area contributed by atoms with Gasteiger partial charge in [0, 0.05) is 24.1 Å². The molecular formula is C21H22N2OS. The minimum Gasteiger partial charge on any atom is -0.314 e. The third-order valence-electron chi connectivity index (χ3n) is 5.07. The average molecular weight is 350 g/mol. The van der Waals surface area contributed by atoms with Crippen LogP contribution >= 0.6 is 11.8 Å². The van der Waals surface area contributed by atoms with Crippen LogP contribution in [0.25, 0.3) is 0 Å². The number of amides is 2. The molecule has 0 unspecified atom stereocenters. The fourth-order valence-electron chi connectivity index (χ4n) is 3.85. The third kappa shape index (κ3) is 3.07. The molecule has 0 aromatic heterocycles. The second-order valence-corrected chi connectivity index (χ2v) is 7.81. The molecule has 2 amide bonds. The summed E-state index contributed by atoms with van der Waals surface area (Å²) in [5.41, 5.74) is 2.36. The van der Waals surface area contributed by atoms with Gasteiger partial charge in [-0.1, -0.05) is 66.7 Å². The Morgan fingerprint density at radius 1 is 0.960 bits per heavy atom. The molecule has 0 N–H and O–H groups in total. The molecule has 2 heterocycles. The maximum absolute atomic E-state index is 13.2. The average Bonchev–Trinajstić information content (AvgIpc) is 3.18. The van der Waals surface area contributed by atoms with E-state index in [1.807, 2.05) is 54.2 Å². The Morgan fingerprint density at radius 3 is 2.08 bits per heavy atom. The minimum absolute atomic E-state index is 0.148. The van der Waals surface area contributed by atoms with Crippen molar-refractivity contribution in [1.82, 2.24) is 9.80 Å². The Hall–Kier alpha value is -2.20. The number of carbonyl (C=O) groups is 1. The fraction of sp³-hybridized carbons (Fsp3) is 0.286. The maximum atomic E-state index is 13.2. The second-order valence-electron chi connectivity index (χ2n) is 6.60. The van der Waals surface area contributed by atoms with E-state index in [-0.39, 0.29) is 18.1 Å². The summed E-state index contributed by atoms with van der Waals surface area (Å²) in [6.45, 7) is 5.34. The molecular weight excluding hydrogens is 328 g/mol. The van der Waals surface area contributed by atoms with Gasteiger partial charge in [0.1, 0.15) is 0 Å². The van der Waals surface area contributed by atoms with E-state index in [2.05, 4.69) is 40.6 Å². The van der Waals surface area contributed by atoms with Crippen molar-refractivity contribution in [1.29, 1.82) is 0 Å². The highest BCUT2D eigenvalue weighted by Crippen LogP contribution is 2.41. The number of nitrogens with zero attached hydrogens (tertiary/aromatic N) is 2. The van der Waals surface area contributed by atoms with Crippen LogP contribution in [0.3, 0.4) is 0 Å². The molecule has 4 heteroatoms. The molecule has 2 aromatic rings. The lowest BCUT2D eigenvalue weighted by atomic mass is 10.0. The zero-order valence-corrected chi connectivity index (χ0v) is 14.9. The van der Waals surface area contributed by atoms with Crippen LogP contribution in [0.5, 0.6) is 0 Å². The first-order valence-electron chi connectivity index (χ1n) is 8.67. The summed E-state index contributed by atoms with van der Waals surface area (Å²) >= 11 is 1.91. The molecule has 0 radical (unpaired) electrons. The Labute approximate surface area is 153 Å². The van der Waals surface area contributed by atoms with E-state index >= 15 is 0 Å². The minimum atomic E-state index is 0.148. The molecule has 4 rings (SSSR count). The van der Waals surface area contributed by atoms with Gasteiger partial charge in [-0.25, -0.2) is 4.79 Å². The van der Waals surface area contributed by atoms with Gasteiger partial charge in [-0.15, -0.1) is 18.3 Å². The molecule has 3 nitrogen and oxygen atoms in total. The van der Waals surface area contributed by atoms with Crippen molar-refractivity contribution in [3.63, 3.8) is 0 Å². The van der Waals surface area contributed by atoms with Crippen molar-refractivity contribution in [2.45, 2.75) is 30.4 Å². The van der Waals surface area contributed by atoms with Crippen molar-refractivity contribution in [2.24, 2.45) is 0 Å². The van der Waals surface area contributed by atoms with Crippen LogP contribution in [0, 0.1) is 0 Å². The number of hydrogen-bond donors (Lipinski definition) is 0. The molecule has 2 saturated heterocycles. The number of fused-ring (bicyclic) bond motifs is 1. The molecule has 3 atom stereocenters. The number of hydrogen-bond acceptors (Lipinski definition) is 2. The maximum Gasteiger partial charge on any atom is 0.321 e. The third-order valence-corrected chi connectivity index (χ3v) is 6.46. The van der Waals surface area contributed by atoms with Gasteiger partial charge in [0.15, 0.2) is 0 Å². The Balaban J connectivity index is 1.61. The summed E-state index contributed by atoms with van der Waals surface area (Å²) in [6.07, 6.45) is 2.01. The van der Waals surface area contributed by atoms with Gasteiger partial charge in [-0.3, -0.25) is 0 Å². The molecule has 0 bridgehead atoms. The van der Waals surface area contributed by atoms with Crippen molar-refractivity contribution >= 4 is 17.8 Å². The van der Waals surface area contributed by atoms with Gasteiger partial charge in [-0.05, 0) is 11.1 Å². The topological polar surface area (TPSA) is 23.6 Å². The summed E-state index contributed by atoms with van der Waals surface area (Å²) in [6, 6.07) is 21.1. The molecule has 0 spiro atoms. The van der Waals surface area contributed by atoms with E-state index in [1.54, 1.807) is 0 Å². The second kappa shape index (κ2) is 6.96. The zero-order valence-electron chi connectivity index (χ0n) is 14.1. The normalized spacial score (nSPS) is 25.3. The molecule has 2 aliphatic rings. The van der Waals surface area contributed by atoms with Crippen molar-refractivity contribution in [3.05, 3.63) is 84.4 Å². The first kappa shape index (κ1) is 16.3. The van der Waals surface area contributed by atoms with Gasteiger partial charge < -0.3 is 9.80 Å². The number of benzene rings is 2. The fourth-order valence-corrected chi connectivity index (χ4v) is 5.30. The molecule has 2 aromatic carbocycles. The summed E-state index contributed by atoms with van der Waals surface area (Å²) in [5.74, 6) is 0.977. The van der Waals surface area contributed by atoms with Gasteiger partial charge in [0.25, 0.3) is 0 Å². The highest BCUT2D eigenvalue weighted by Gasteiger charge is 2.52. The van der Waals surface area contributed by atoms with Crippen LogP contribution < -0.4 is 0 Å². The summed E-state index contributed by atoms with van der Waals surface area (Å²) < 4.78 is 0. The van der Waals surface area contributed by atoms with Crippen LogP contribution in [0.15, 0.2) is 73.3 Å². The molecule has 2 fully saturated rings. The van der Waals surface area contributed by atoms with Crippen LogP contribution in [0.2, 0.25) is 0 Å². The molecule has 2 aliphatic heterocycles. The summed E-state index contributed by atoms with van der Waals surface area (Å²) in [4.78, 5) is 17.3. The lowest BCUT2D eigenvalue weighted by molar-refractivity contribution is 0.181.